The van der Waals surface area contributed by atoms with E-state index in [1.165, 1.54) is 63.5 Å². The second kappa shape index (κ2) is 5.18. The van der Waals surface area contributed by atoms with Gasteiger partial charge < -0.3 is 4.90 Å². The van der Waals surface area contributed by atoms with Gasteiger partial charge in [0.05, 0.1) is 0 Å². The standard InChI is InChI=1S/C13H24BrN/c1-2-4-12-5-8-15(9-12)11-13(10-14)6-3-7-13/h12H,2-11H2,1H3. The van der Waals surface area contributed by atoms with Crippen LogP contribution in [0, 0.1) is 11.3 Å². The SMILES string of the molecule is CCCC1CCN(CC2(CBr)CCC2)C1. The molecular weight excluding hydrogens is 250 g/mol. The van der Waals surface area contributed by atoms with Gasteiger partial charge in [-0.3, -0.25) is 0 Å². The fourth-order valence-corrected chi connectivity index (χ4v) is 3.92. The summed E-state index contributed by atoms with van der Waals surface area (Å²) >= 11 is 3.71. The number of hydrogen-bond acceptors (Lipinski definition) is 1. The zero-order chi connectivity index (χ0) is 10.7. The normalized spacial score (nSPS) is 30.4. The fourth-order valence-electron chi connectivity index (χ4n) is 3.19. The number of alkyl halides is 1. The van der Waals surface area contributed by atoms with Crippen LogP contribution in [0.25, 0.3) is 0 Å². The minimum absolute atomic E-state index is 0.654. The number of nitrogens with zero attached hydrogens (tertiary/aromatic N) is 1. The third kappa shape index (κ3) is 2.76. The molecule has 1 heterocycles. The van der Waals surface area contributed by atoms with Crippen molar-refractivity contribution in [2.45, 2.75) is 45.4 Å². The molecule has 1 saturated carbocycles. The Kier molecular flexibility index (Phi) is 4.11. The Balaban J connectivity index is 1.76. The highest BCUT2D eigenvalue weighted by Crippen LogP contribution is 2.43. The first-order chi connectivity index (χ1) is 7.28. The van der Waals surface area contributed by atoms with Crippen LogP contribution in [0.3, 0.4) is 0 Å². The molecule has 2 fully saturated rings. The Morgan fingerprint density at radius 2 is 2.20 bits per heavy atom. The summed E-state index contributed by atoms with van der Waals surface area (Å²) in [4.78, 5) is 2.72. The summed E-state index contributed by atoms with van der Waals surface area (Å²) in [5.74, 6) is 1.00. The lowest BCUT2D eigenvalue weighted by atomic mass is 9.70. The Morgan fingerprint density at radius 3 is 2.73 bits per heavy atom. The van der Waals surface area contributed by atoms with Crippen molar-refractivity contribution < 1.29 is 0 Å². The van der Waals surface area contributed by atoms with Gasteiger partial charge in [0.15, 0.2) is 0 Å². The van der Waals surface area contributed by atoms with E-state index in [9.17, 15) is 0 Å². The molecule has 0 radical (unpaired) electrons. The van der Waals surface area contributed by atoms with Gasteiger partial charge in [0.1, 0.15) is 0 Å². The average molecular weight is 274 g/mol. The van der Waals surface area contributed by atoms with Gasteiger partial charge in [-0.15, -0.1) is 0 Å². The molecule has 0 aromatic heterocycles. The van der Waals surface area contributed by atoms with Crippen LogP contribution in [-0.4, -0.2) is 29.9 Å². The summed E-state index contributed by atoms with van der Waals surface area (Å²) in [6, 6.07) is 0. The second-order valence-electron chi connectivity index (χ2n) is 5.67. The minimum Gasteiger partial charge on any atom is -0.302 e. The van der Waals surface area contributed by atoms with E-state index in [2.05, 4.69) is 27.8 Å². The Labute approximate surface area is 103 Å². The average Bonchev–Trinajstić information content (AvgIpc) is 2.60. The minimum atomic E-state index is 0.654. The molecule has 0 amide bonds. The smallest absolute Gasteiger partial charge is 0.0100 e. The van der Waals surface area contributed by atoms with E-state index in [4.69, 9.17) is 0 Å². The van der Waals surface area contributed by atoms with Crippen molar-refractivity contribution in [2.24, 2.45) is 11.3 Å². The first kappa shape index (κ1) is 11.9. The van der Waals surface area contributed by atoms with Gasteiger partial charge in [-0.25, -0.2) is 0 Å². The van der Waals surface area contributed by atoms with E-state index in [-0.39, 0.29) is 0 Å². The third-order valence-corrected chi connectivity index (χ3v) is 5.51. The van der Waals surface area contributed by atoms with Gasteiger partial charge in [0.2, 0.25) is 0 Å². The van der Waals surface area contributed by atoms with Crippen LogP contribution >= 0.6 is 15.9 Å². The summed E-state index contributed by atoms with van der Waals surface area (Å²) in [5.41, 5.74) is 0.654. The van der Waals surface area contributed by atoms with Crippen molar-refractivity contribution in [1.29, 1.82) is 0 Å². The van der Waals surface area contributed by atoms with Crippen molar-refractivity contribution in [3.8, 4) is 0 Å². The van der Waals surface area contributed by atoms with Crippen molar-refractivity contribution >= 4 is 15.9 Å². The zero-order valence-electron chi connectivity index (χ0n) is 9.97. The molecular formula is C13H24BrN. The van der Waals surface area contributed by atoms with E-state index in [1.54, 1.807) is 0 Å². The second-order valence-corrected chi connectivity index (χ2v) is 6.23. The highest BCUT2D eigenvalue weighted by atomic mass is 79.9. The largest absolute Gasteiger partial charge is 0.302 e. The van der Waals surface area contributed by atoms with Crippen LogP contribution in [0.15, 0.2) is 0 Å². The molecule has 88 valence electrons. The van der Waals surface area contributed by atoms with Gasteiger partial charge >= 0.3 is 0 Å². The first-order valence-corrected chi connectivity index (χ1v) is 7.68. The fraction of sp³-hybridized carbons (Fsp3) is 1.00. The maximum Gasteiger partial charge on any atom is 0.0100 e. The summed E-state index contributed by atoms with van der Waals surface area (Å²) in [5, 5.41) is 1.22. The number of halogens is 1. The molecule has 0 aromatic carbocycles. The lowest BCUT2D eigenvalue weighted by Crippen LogP contribution is -2.42. The van der Waals surface area contributed by atoms with Gasteiger partial charge in [0.25, 0.3) is 0 Å². The van der Waals surface area contributed by atoms with Crippen LogP contribution in [0.5, 0.6) is 0 Å². The maximum absolute atomic E-state index is 3.71. The summed E-state index contributed by atoms with van der Waals surface area (Å²) in [6.45, 7) is 6.41. The monoisotopic (exact) mass is 273 g/mol. The van der Waals surface area contributed by atoms with Crippen LogP contribution in [0.2, 0.25) is 0 Å². The van der Waals surface area contributed by atoms with E-state index in [0.717, 1.165) is 5.92 Å². The first-order valence-electron chi connectivity index (χ1n) is 6.56. The molecule has 0 N–H and O–H groups in total. The number of likely N-dealkylation sites (tertiary alicyclic amines) is 1. The predicted octanol–water partition coefficient (Wildman–Crippen LogP) is 3.67. The number of rotatable bonds is 5. The molecule has 2 heteroatoms. The van der Waals surface area contributed by atoms with E-state index >= 15 is 0 Å². The van der Waals surface area contributed by atoms with E-state index in [1.807, 2.05) is 0 Å². The highest BCUT2D eigenvalue weighted by molar-refractivity contribution is 9.09. The van der Waals surface area contributed by atoms with Crippen LogP contribution in [0.4, 0.5) is 0 Å². The van der Waals surface area contributed by atoms with E-state index < -0.39 is 0 Å². The molecule has 1 saturated heterocycles. The molecule has 2 aliphatic rings. The molecule has 1 aliphatic carbocycles. The molecule has 15 heavy (non-hydrogen) atoms. The van der Waals surface area contributed by atoms with Crippen molar-refractivity contribution in [3.05, 3.63) is 0 Å². The van der Waals surface area contributed by atoms with Crippen molar-refractivity contribution in [1.82, 2.24) is 4.90 Å². The van der Waals surface area contributed by atoms with Crippen LogP contribution < -0.4 is 0 Å². The molecule has 1 unspecified atom stereocenters. The summed E-state index contributed by atoms with van der Waals surface area (Å²) in [6.07, 6.45) is 8.62. The zero-order valence-corrected chi connectivity index (χ0v) is 11.6. The van der Waals surface area contributed by atoms with Gasteiger partial charge in [0, 0.05) is 18.4 Å². The van der Waals surface area contributed by atoms with E-state index in [0.29, 0.717) is 5.41 Å². The van der Waals surface area contributed by atoms with Crippen LogP contribution in [-0.2, 0) is 0 Å². The Morgan fingerprint density at radius 1 is 1.40 bits per heavy atom. The molecule has 0 spiro atoms. The molecule has 0 aromatic rings. The summed E-state index contributed by atoms with van der Waals surface area (Å²) < 4.78 is 0. The predicted molar refractivity (Wildman–Crippen MR) is 69.5 cm³/mol. The lowest BCUT2D eigenvalue weighted by Gasteiger charge is -2.43. The third-order valence-electron chi connectivity index (χ3n) is 4.32. The highest BCUT2D eigenvalue weighted by Gasteiger charge is 2.38. The molecule has 0 bridgehead atoms. The maximum atomic E-state index is 3.71. The van der Waals surface area contributed by atoms with Crippen molar-refractivity contribution in [3.63, 3.8) is 0 Å². The van der Waals surface area contributed by atoms with Gasteiger partial charge in [-0.1, -0.05) is 35.7 Å². The van der Waals surface area contributed by atoms with Gasteiger partial charge in [-0.05, 0) is 43.6 Å². The lowest BCUT2D eigenvalue weighted by molar-refractivity contribution is 0.103. The van der Waals surface area contributed by atoms with Crippen LogP contribution in [0.1, 0.15) is 45.4 Å². The topological polar surface area (TPSA) is 3.24 Å². The number of hydrogen-bond donors (Lipinski definition) is 0. The quantitative estimate of drug-likeness (QED) is 0.691. The Bertz CT molecular complexity index is 195. The summed E-state index contributed by atoms with van der Waals surface area (Å²) in [7, 11) is 0. The molecule has 1 nitrogen and oxygen atoms in total. The molecule has 1 atom stereocenters. The van der Waals surface area contributed by atoms with Crippen molar-refractivity contribution in [2.75, 3.05) is 25.0 Å². The Hall–Kier alpha value is 0.440. The molecule has 1 aliphatic heterocycles. The van der Waals surface area contributed by atoms with Gasteiger partial charge in [-0.2, -0.15) is 0 Å². The molecule has 2 rings (SSSR count).